The highest BCUT2D eigenvalue weighted by Crippen LogP contribution is 2.24. The van der Waals surface area contributed by atoms with E-state index in [0.717, 1.165) is 16.7 Å². The molecule has 1 aromatic carbocycles. The van der Waals surface area contributed by atoms with Crippen LogP contribution in [0.25, 0.3) is 0 Å². The van der Waals surface area contributed by atoms with Crippen LogP contribution < -0.4 is 11.1 Å². The number of halogens is 1. The normalized spacial score (nSPS) is 11.0. The van der Waals surface area contributed by atoms with Gasteiger partial charge in [0.15, 0.2) is 0 Å². The summed E-state index contributed by atoms with van der Waals surface area (Å²) >= 11 is 3.38. The van der Waals surface area contributed by atoms with Crippen LogP contribution >= 0.6 is 15.9 Å². The number of anilines is 2. The third-order valence-corrected chi connectivity index (χ3v) is 3.41. The summed E-state index contributed by atoms with van der Waals surface area (Å²) in [5.74, 6) is -0.0176. The quantitative estimate of drug-likeness (QED) is 0.822. The smallest absolute Gasteiger partial charge is 0.238 e. The summed E-state index contributed by atoms with van der Waals surface area (Å²) in [6.07, 6.45) is 0. The fourth-order valence-electron chi connectivity index (χ4n) is 1.67. The third kappa shape index (κ3) is 4.31. The first-order valence-corrected chi connectivity index (χ1v) is 6.82. The minimum Gasteiger partial charge on any atom is -0.399 e. The van der Waals surface area contributed by atoms with Crippen LogP contribution in [0.5, 0.6) is 0 Å². The fourth-order valence-corrected chi connectivity index (χ4v) is 2.16. The molecule has 0 aliphatic heterocycles. The van der Waals surface area contributed by atoms with Crippen LogP contribution in [0.4, 0.5) is 11.4 Å². The van der Waals surface area contributed by atoms with Crippen molar-refractivity contribution >= 4 is 33.2 Å². The molecule has 0 aliphatic carbocycles. The van der Waals surface area contributed by atoms with Crippen molar-refractivity contribution in [1.29, 1.82) is 0 Å². The van der Waals surface area contributed by atoms with Crippen molar-refractivity contribution in [1.82, 2.24) is 4.90 Å². The van der Waals surface area contributed by atoms with Crippen molar-refractivity contribution in [2.45, 2.75) is 26.8 Å². The highest BCUT2D eigenvalue weighted by Gasteiger charge is 2.13. The van der Waals surface area contributed by atoms with Gasteiger partial charge in [-0.05, 0) is 54.5 Å². The van der Waals surface area contributed by atoms with Crippen LogP contribution in [0.2, 0.25) is 0 Å². The standard InChI is InChI=1S/C13H20BrN3O/c1-4-17(9(2)3)8-13(18)16-12-6-5-10(15)7-11(12)14/h5-7,9H,4,8,15H2,1-3H3,(H,16,18). The molecule has 0 heterocycles. The Morgan fingerprint density at radius 1 is 1.50 bits per heavy atom. The van der Waals surface area contributed by atoms with Gasteiger partial charge in [-0.25, -0.2) is 0 Å². The van der Waals surface area contributed by atoms with E-state index in [1.165, 1.54) is 0 Å². The van der Waals surface area contributed by atoms with E-state index >= 15 is 0 Å². The van der Waals surface area contributed by atoms with Gasteiger partial charge in [0, 0.05) is 16.2 Å². The van der Waals surface area contributed by atoms with Gasteiger partial charge in [-0.2, -0.15) is 0 Å². The number of hydrogen-bond donors (Lipinski definition) is 2. The molecule has 1 amide bonds. The van der Waals surface area contributed by atoms with E-state index in [1.54, 1.807) is 18.2 Å². The molecular formula is C13H20BrN3O. The van der Waals surface area contributed by atoms with Gasteiger partial charge in [0.05, 0.1) is 12.2 Å². The minimum atomic E-state index is -0.0176. The second kappa shape index (κ2) is 6.75. The molecule has 0 unspecified atom stereocenters. The lowest BCUT2D eigenvalue weighted by atomic mass is 10.2. The zero-order valence-electron chi connectivity index (χ0n) is 11.0. The van der Waals surface area contributed by atoms with Crippen molar-refractivity contribution < 1.29 is 4.79 Å². The van der Waals surface area contributed by atoms with E-state index in [9.17, 15) is 4.79 Å². The van der Waals surface area contributed by atoms with Gasteiger partial charge in [-0.1, -0.05) is 6.92 Å². The number of hydrogen-bond acceptors (Lipinski definition) is 3. The van der Waals surface area contributed by atoms with Crippen molar-refractivity contribution in [2.75, 3.05) is 24.1 Å². The maximum absolute atomic E-state index is 11.9. The molecule has 1 aromatic rings. The Balaban J connectivity index is 2.64. The predicted octanol–water partition coefficient (Wildman–Crippen LogP) is 2.70. The van der Waals surface area contributed by atoms with E-state index in [-0.39, 0.29) is 5.91 Å². The lowest BCUT2D eigenvalue weighted by Crippen LogP contribution is -2.37. The second-order valence-electron chi connectivity index (χ2n) is 4.44. The Kier molecular flexibility index (Phi) is 5.62. The second-order valence-corrected chi connectivity index (χ2v) is 5.30. The first-order valence-electron chi connectivity index (χ1n) is 6.03. The van der Waals surface area contributed by atoms with Crippen LogP contribution in [0.3, 0.4) is 0 Å². The molecule has 1 rings (SSSR count). The maximum Gasteiger partial charge on any atom is 0.238 e. The molecule has 100 valence electrons. The summed E-state index contributed by atoms with van der Waals surface area (Å²) in [7, 11) is 0. The van der Waals surface area contributed by atoms with Crippen molar-refractivity contribution in [3.63, 3.8) is 0 Å². The Morgan fingerprint density at radius 3 is 2.67 bits per heavy atom. The zero-order valence-corrected chi connectivity index (χ0v) is 12.6. The molecule has 0 aliphatic rings. The average Bonchev–Trinajstić information content (AvgIpc) is 2.29. The van der Waals surface area contributed by atoms with Crippen molar-refractivity contribution in [3.05, 3.63) is 22.7 Å². The van der Waals surface area contributed by atoms with Crippen LogP contribution in [0.1, 0.15) is 20.8 Å². The molecule has 0 aromatic heterocycles. The lowest BCUT2D eigenvalue weighted by Gasteiger charge is -2.24. The van der Waals surface area contributed by atoms with Crippen LogP contribution in [0.15, 0.2) is 22.7 Å². The van der Waals surface area contributed by atoms with E-state index in [2.05, 4.69) is 40.0 Å². The molecule has 0 atom stereocenters. The summed E-state index contributed by atoms with van der Waals surface area (Å²) in [4.78, 5) is 14.0. The largest absolute Gasteiger partial charge is 0.399 e. The molecule has 0 saturated carbocycles. The first kappa shape index (κ1) is 15.0. The van der Waals surface area contributed by atoms with Gasteiger partial charge in [0.2, 0.25) is 5.91 Å². The van der Waals surface area contributed by atoms with Crippen LogP contribution in [-0.2, 0) is 4.79 Å². The highest BCUT2D eigenvalue weighted by molar-refractivity contribution is 9.10. The molecule has 0 fully saturated rings. The van der Waals surface area contributed by atoms with Gasteiger partial charge < -0.3 is 11.1 Å². The van der Waals surface area contributed by atoms with E-state index < -0.39 is 0 Å². The van der Waals surface area contributed by atoms with Gasteiger partial charge in [-0.3, -0.25) is 9.69 Å². The number of nitrogens with one attached hydrogen (secondary N) is 1. The van der Waals surface area contributed by atoms with E-state index in [1.807, 2.05) is 6.92 Å². The number of nitrogen functional groups attached to an aromatic ring is 1. The molecule has 18 heavy (non-hydrogen) atoms. The number of benzene rings is 1. The summed E-state index contributed by atoms with van der Waals surface area (Å²) < 4.78 is 0.795. The Bertz CT molecular complexity index is 421. The maximum atomic E-state index is 11.9. The van der Waals surface area contributed by atoms with Crippen molar-refractivity contribution in [3.8, 4) is 0 Å². The summed E-state index contributed by atoms with van der Waals surface area (Å²) in [5.41, 5.74) is 7.06. The van der Waals surface area contributed by atoms with E-state index in [4.69, 9.17) is 5.73 Å². The summed E-state index contributed by atoms with van der Waals surface area (Å²) in [6, 6.07) is 5.69. The Labute approximate surface area is 117 Å². The van der Waals surface area contributed by atoms with E-state index in [0.29, 0.717) is 18.3 Å². The molecule has 0 spiro atoms. The van der Waals surface area contributed by atoms with Crippen LogP contribution in [0, 0.1) is 0 Å². The van der Waals surface area contributed by atoms with Gasteiger partial charge in [-0.15, -0.1) is 0 Å². The summed E-state index contributed by atoms with van der Waals surface area (Å²) in [5, 5.41) is 2.87. The number of amides is 1. The molecule has 3 N–H and O–H groups in total. The fraction of sp³-hybridized carbons (Fsp3) is 0.462. The number of nitrogens with two attached hydrogens (primary N) is 1. The van der Waals surface area contributed by atoms with Crippen LogP contribution in [-0.4, -0.2) is 29.9 Å². The lowest BCUT2D eigenvalue weighted by molar-refractivity contribution is -0.117. The summed E-state index contributed by atoms with van der Waals surface area (Å²) in [6.45, 7) is 7.46. The zero-order chi connectivity index (χ0) is 13.7. The number of carbonyl (C=O) groups excluding carboxylic acids is 1. The SMILES string of the molecule is CCN(CC(=O)Nc1ccc(N)cc1Br)C(C)C. The molecule has 0 bridgehead atoms. The number of nitrogens with zero attached hydrogens (tertiary/aromatic N) is 1. The number of carbonyl (C=O) groups is 1. The molecule has 0 saturated heterocycles. The molecule has 4 nitrogen and oxygen atoms in total. The highest BCUT2D eigenvalue weighted by atomic mass is 79.9. The predicted molar refractivity (Wildman–Crippen MR) is 79.6 cm³/mol. The number of likely N-dealkylation sites (N-methyl/N-ethyl adjacent to an activating group) is 1. The third-order valence-electron chi connectivity index (χ3n) is 2.75. The van der Waals surface area contributed by atoms with Gasteiger partial charge in [0.25, 0.3) is 0 Å². The first-order chi connectivity index (χ1) is 8.43. The van der Waals surface area contributed by atoms with Gasteiger partial charge in [0.1, 0.15) is 0 Å². The average molecular weight is 314 g/mol. The number of rotatable bonds is 5. The molecule has 0 radical (unpaired) electrons. The Hall–Kier alpha value is -1.07. The Morgan fingerprint density at radius 2 is 2.17 bits per heavy atom. The monoisotopic (exact) mass is 313 g/mol. The molecule has 5 heteroatoms. The topological polar surface area (TPSA) is 58.4 Å². The molecular weight excluding hydrogens is 294 g/mol. The van der Waals surface area contributed by atoms with Gasteiger partial charge >= 0.3 is 0 Å². The van der Waals surface area contributed by atoms with Crippen molar-refractivity contribution in [2.24, 2.45) is 0 Å². The minimum absolute atomic E-state index is 0.0176.